The van der Waals surface area contributed by atoms with Crippen LogP contribution < -0.4 is 14.8 Å². The Bertz CT molecular complexity index is 1100. The monoisotopic (exact) mass is 480 g/mol. The summed E-state index contributed by atoms with van der Waals surface area (Å²) < 4.78 is 10.8. The van der Waals surface area contributed by atoms with Crippen LogP contribution in [0.15, 0.2) is 24.4 Å². The van der Waals surface area contributed by atoms with Gasteiger partial charge in [0, 0.05) is 41.2 Å². The largest absolute Gasteiger partial charge is 0.495 e. The van der Waals surface area contributed by atoms with Crippen LogP contribution in [0.5, 0.6) is 11.5 Å². The molecule has 1 aliphatic heterocycles. The van der Waals surface area contributed by atoms with Gasteiger partial charge in [-0.15, -0.1) is 0 Å². The Kier molecular flexibility index (Phi) is 6.63. The number of anilines is 1. The summed E-state index contributed by atoms with van der Waals surface area (Å²) >= 11 is 19.5. The molecule has 1 saturated heterocycles. The number of hydrogen-bond donors (Lipinski definition) is 1. The minimum Gasteiger partial charge on any atom is -0.495 e. The highest BCUT2D eigenvalue weighted by Gasteiger charge is 2.23. The predicted octanol–water partition coefficient (Wildman–Crippen LogP) is 5.78. The molecular formula is C22H23Cl3N4O2. The zero-order valence-electron chi connectivity index (χ0n) is 17.5. The molecule has 0 aliphatic carbocycles. The van der Waals surface area contributed by atoms with Crippen molar-refractivity contribution in [3.63, 3.8) is 0 Å². The Labute approximate surface area is 196 Å². The number of pyridine rings is 2. The average molecular weight is 482 g/mol. The fraction of sp³-hybridized carbons (Fsp3) is 0.364. The van der Waals surface area contributed by atoms with Crippen molar-refractivity contribution in [2.24, 2.45) is 0 Å². The van der Waals surface area contributed by atoms with Crippen molar-refractivity contribution in [1.82, 2.24) is 14.9 Å². The van der Waals surface area contributed by atoms with Crippen LogP contribution in [0, 0.1) is 0 Å². The molecule has 3 aromatic rings. The third kappa shape index (κ3) is 4.35. The predicted molar refractivity (Wildman–Crippen MR) is 127 cm³/mol. The normalized spacial score (nSPS) is 16.6. The number of hydrogen-bond acceptors (Lipinski definition) is 6. The highest BCUT2D eigenvalue weighted by Crippen LogP contribution is 2.46. The molecule has 1 fully saturated rings. The van der Waals surface area contributed by atoms with E-state index >= 15 is 0 Å². The van der Waals surface area contributed by atoms with Gasteiger partial charge >= 0.3 is 0 Å². The van der Waals surface area contributed by atoms with Crippen molar-refractivity contribution in [2.45, 2.75) is 18.9 Å². The van der Waals surface area contributed by atoms with E-state index in [9.17, 15) is 0 Å². The molecular weight excluding hydrogens is 459 g/mol. The highest BCUT2D eigenvalue weighted by atomic mass is 35.5. The minimum atomic E-state index is 0.364. The van der Waals surface area contributed by atoms with Crippen LogP contribution in [0.1, 0.15) is 12.8 Å². The average Bonchev–Trinajstić information content (AvgIpc) is 3.17. The summed E-state index contributed by atoms with van der Waals surface area (Å²) in [7, 11) is 5.23. The topological polar surface area (TPSA) is 59.5 Å². The number of aromatic nitrogens is 2. The second-order valence-electron chi connectivity index (χ2n) is 7.53. The van der Waals surface area contributed by atoms with E-state index in [0.29, 0.717) is 49.8 Å². The molecule has 1 N–H and O–H groups in total. The molecule has 6 nitrogen and oxygen atoms in total. The number of fused-ring (bicyclic) bond motifs is 1. The zero-order valence-corrected chi connectivity index (χ0v) is 19.8. The van der Waals surface area contributed by atoms with E-state index in [1.165, 1.54) is 6.42 Å². The summed E-state index contributed by atoms with van der Waals surface area (Å²) in [4.78, 5) is 11.5. The number of rotatable bonds is 6. The Morgan fingerprint density at radius 3 is 2.42 bits per heavy atom. The summed E-state index contributed by atoms with van der Waals surface area (Å²) in [5.41, 5.74) is 1.13. The van der Waals surface area contributed by atoms with E-state index in [2.05, 4.69) is 22.2 Å². The van der Waals surface area contributed by atoms with Crippen molar-refractivity contribution in [2.75, 3.05) is 39.7 Å². The molecule has 0 bridgehead atoms. The number of nitrogens with one attached hydrogen (secondary N) is 1. The Balaban J connectivity index is 1.85. The summed E-state index contributed by atoms with van der Waals surface area (Å²) in [5, 5.41) is 6.39. The number of likely N-dealkylation sites (tertiary alicyclic amines) is 1. The van der Waals surface area contributed by atoms with Gasteiger partial charge in [0.2, 0.25) is 0 Å². The Morgan fingerprint density at radius 2 is 1.81 bits per heavy atom. The summed E-state index contributed by atoms with van der Waals surface area (Å²) in [5.74, 6) is 1.61. The smallest absolute Gasteiger partial charge is 0.141 e. The van der Waals surface area contributed by atoms with Gasteiger partial charge in [-0.25, -0.2) is 9.97 Å². The fourth-order valence-electron chi connectivity index (χ4n) is 3.95. The van der Waals surface area contributed by atoms with E-state index in [1.54, 1.807) is 26.5 Å². The van der Waals surface area contributed by atoms with Crippen LogP contribution in [0.25, 0.3) is 22.0 Å². The van der Waals surface area contributed by atoms with E-state index in [-0.39, 0.29) is 0 Å². The van der Waals surface area contributed by atoms with Gasteiger partial charge < -0.3 is 19.7 Å². The molecule has 164 valence electrons. The lowest BCUT2D eigenvalue weighted by Gasteiger charge is -2.21. The van der Waals surface area contributed by atoms with Gasteiger partial charge in [0.25, 0.3) is 0 Å². The molecule has 9 heteroatoms. The highest BCUT2D eigenvalue weighted by molar-refractivity contribution is 6.41. The SMILES string of the molecule is COc1cc(OC)c(Cl)c(-c2cc3cnc(Cl)cc3c(NCC3CCCN3C)n2)c1Cl. The van der Waals surface area contributed by atoms with Crippen molar-refractivity contribution in [1.29, 1.82) is 0 Å². The van der Waals surface area contributed by atoms with Crippen LogP contribution in [-0.2, 0) is 0 Å². The van der Waals surface area contributed by atoms with Crippen molar-refractivity contribution in [3.05, 3.63) is 39.6 Å². The lowest BCUT2D eigenvalue weighted by Crippen LogP contribution is -2.31. The second-order valence-corrected chi connectivity index (χ2v) is 8.67. The number of halogens is 3. The van der Waals surface area contributed by atoms with E-state index in [0.717, 1.165) is 30.3 Å². The zero-order chi connectivity index (χ0) is 22.1. The molecule has 0 spiro atoms. The lowest BCUT2D eigenvalue weighted by atomic mass is 10.1. The number of ether oxygens (including phenoxy) is 2. The molecule has 3 heterocycles. The van der Waals surface area contributed by atoms with Gasteiger partial charge in [0.15, 0.2) is 0 Å². The molecule has 2 aromatic heterocycles. The Morgan fingerprint density at radius 1 is 1.10 bits per heavy atom. The first-order valence-corrected chi connectivity index (χ1v) is 11.1. The summed E-state index contributed by atoms with van der Waals surface area (Å²) in [6, 6.07) is 5.80. The van der Waals surface area contributed by atoms with Crippen LogP contribution in [-0.4, -0.2) is 55.3 Å². The standard InChI is InChI=1S/C22H23Cl3N4O2/c1-29-6-4-5-13(29)11-27-22-14-8-18(23)26-10-12(14)7-15(28-22)19-20(24)16(30-2)9-17(31-3)21(19)25/h7-10,13H,4-6,11H2,1-3H3,(H,27,28). The first kappa shape index (κ1) is 22.2. The lowest BCUT2D eigenvalue weighted by molar-refractivity contribution is 0.322. The Hall–Kier alpha value is -1.99. The van der Waals surface area contributed by atoms with Crippen LogP contribution in [0.4, 0.5) is 5.82 Å². The van der Waals surface area contributed by atoms with E-state index in [1.807, 2.05) is 12.1 Å². The maximum atomic E-state index is 6.64. The van der Waals surface area contributed by atoms with Crippen LogP contribution in [0.2, 0.25) is 15.2 Å². The summed E-state index contributed by atoms with van der Waals surface area (Å²) in [6.07, 6.45) is 4.06. The van der Waals surface area contributed by atoms with Crippen molar-refractivity contribution >= 4 is 51.4 Å². The molecule has 1 aromatic carbocycles. The molecule has 0 amide bonds. The number of likely N-dealkylation sites (N-methyl/N-ethyl adjacent to an activating group) is 1. The molecule has 1 atom stereocenters. The van der Waals surface area contributed by atoms with Gasteiger partial charge in [-0.3, -0.25) is 0 Å². The third-order valence-electron chi connectivity index (χ3n) is 5.69. The van der Waals surface area contributed by atoms with Gasteiger partial charge in [0.05, 0.1) is 30.0 Å². The molecule has 1 unspecified atom stereocenters. The third-order valence-corrected chi connectivity index (χ3v) is 6.64. The van der Waals surface area contributed by atoms with Gasteiger partial charge in [-0.05, 0) is 38.6 Å². The van der Waals surface area contributed by atoms with E-state index in [4.69, 9.17) is 49.3 Å². The summed E-state index contributed by atoms with van der Waals surface area (Å²) in [6.45, 7) is 1.87. The molecule has 0 saturated carbocycles. The first-order valence-electron chi connectivity index (χ1n) is 9.93. The number of benzene rings is 1. The van der Waals surface area contributed by atoms with Crippen LogP contribution in [0.3, 0.4) is 0 Å². The fourth-order valence-corrected chi connectivity index (χ4v) is 4.80. The first-order chi connectivity index (χ1) is 14.9. The number of nitrogens with zero attached hydrogens (tertiary/aromatic N) is 3. The molecule has 0 radical (unpaired) electrons. The second kappa shape index (κ2) is 9.25. The quantitative estimate of drug-likeness (QED) is 0.450. The maximum absolute atomic E-state index is 6.64. The minimum absolute atomic E-state index is 0.364. The van der Waals surface area contributed by atoms with Gasteiger partial charge in [0.1, 0.15) is 22.5 Å². The van der Waals surface area contributed by atoms with E-state index < -0.39 is 0 Å². The molecule has 1 aliphatic rings. The van der Waals surface area contributed by atoms with Crippen molar-refractivity contribution < 1.29 is 9.47 Å². The molecule has 31 heavy (non-hydrogen) atoms. The van der Waals surface area contributed by atoms with Crippen molar-refractivity contribution in [3.8, 4) is 22.8 Å². The number of methoxy groups -OCH3 is 2. The van der Waals surface area contributed by atoms with Gasteiger partial charge in [-0.2, -0.15) is 0 Å². The maximum Gasteiger partial charge on any atom is 0.141 e. The van der Waals surface area contributed by atoms with Gasteiger partial charge in [-0.1, -0.05) is 34.8 Å². The van der Waals surface area contributed by atoms with Crippen LogP contribution >= 0.6 is 34.8 Å². The molecule has 4 rings (SSSR count).